The van der Waals surface area contributed by atoms with Crippen molar-refractivity contribution in [1.29, 1.82) is 0 Å². The Labute approximate surface area is 130 Å². The van der Waals surface area contributed by atoms with Gasteiger partial charge in [0.25, 0.3) is 0 Å². The molecule has 0 radical (unpaired) electrons. The van der Waals surface area contributed by atoms with E-state index in [1.807, 2.05) is 0 Å². The highest BCUT2D eigenvalue weighted by Gasteiger charge is 2.29. The smallest absolute Gasteiger partial charge is 0.245 e. The van der Waals surface area contributed by atoms with Gasteiger partial charge >= 0.3 is 0 Å². The summed E-state index contributed by atoms with van der Waals surface area (Å²) in [5.74, 6) is 0.0996. The van der Waals surface area contributed by atoms with Gasteiger partial charge in [-0.25, -0.2) is 12.8 Å². The van der Waals surface area contributed by atoms with Crippen LogP contribution in [0.25, 0.3) is 0 Å². The predicted molar refractivity (Wildman–Crippen MR) is 81.3 cm³/mol. The highest BCUT2D eigenvalue weighted by Crippen LogP contribution is 2.22. The molecule has 1 amide bonds. The fraction of sp³-hybridized carbons (Fsp3) is 0.533. The maximum Gasteiger partial charge on any atom is 0.245 e. The highest BCUT2D eigenvalue weighted by atomic mass is 32.2. The summed E-state index contributed by atoms with van der Waals surface area (Å²) in [6.45, 7) is 1.84. The average molecular weight is 328 g/mol. The zero-order valence-electron chi connectivity index (χ0n) is 12.6. The topological polar surface area (TPSA) is 57.7 Å². The van der Waals surface area contributed by atoms with Crippen LogP contribution in [0.2, 0.25) is 0 Å². The summed E-state index contributed by atoms with van der Waals surface area (Å²) in [5, 5.41) is 0. The standard InChI is InChI=1S/C15H21FN2O3S/c1-13(19)17-9-7-14(8-10-17)11-18(12-16)22(20,21)15-5-3-2-4-6-15/h2-6,14H,7-12H2,1H3. The molecule has 22 heavy (non-hydrogen) atoms. The quantitative estimate of drug-likeness (QED) is 0.775. The summed E-state index contributed by atoms with van der Waals surface area (Å²) in [4.78, 5) is 13.1. The molecule has 0 N–H and O–H groups in total. The fourth-order valence-corrected chi connectivity index (χ4v) is 4.01. The molecule has 1 heterocycles. The first-order valence-electron chi connectivity index (χ1n) is 7.32. The van der Waals surface area contributed by atoms with Crippen LogP contribution in [0, 0.1) is 5.92 Å². The van der Waals surface area contributed by atoms with Crippen molar-refractivity contribution in [2.75, 3.05) is 26.4 Å². The summed E-state index contributed by atoms with van der Waals surface area (Å²) in [7, 11) is -3.80. The summed E-state index contributed by atoms with van der Waals surface area (Å²) < 4.78 is 39.0. The van der Waals surface area contributed by atoms with Gasteiger partial charge in [-0.15, -0.1) is 0 Å². The fourth-order valence-electron chi connectivity index (χ4n) is 2.67. The molecule has 1 aliphatic heterocycles. The van der Waals surface area contributed by atoms with Crippen molar-refractivity contribution in [2.45, 2.75) is 24.7 Å². The number of carbonyl (C=O) groups excluding carboxylic acids is 1. The van der Waals surface area contributed by atoms with Crippen LogP contribution < -0.4 is 0 Å². The Kier molecular flexibility index (Phi) is 5.52. The maximum atomic E-state index is 13.3. The molecule has 0 unspecified atom stereocenters. The molecule has 7 heteroatoms. The minimum atomic E-state index is -3.80. The number of likely N-dealkylation sites (tertiary alicyclic amines) is 1. The minimum Gasteiger partial charge on any atom is -0.343 e. The average Bonchev–Trinajstić information content (AvgIpc) is 2.53. The molecule has 1 fully saturated rings. The van der Waals surface area contributed by atoms with E-state index in [0.29, 0.717) is 25.9 Å². The molecular weight excluding hydrogens is 307 g/mol. The first-order chi connectivity index (χ1) is 10.4. The third-order valence-corrected chi connectivity index (χ3v) is 5.83. The van der Waals surface area contributed by atoms with Gasteiger partial charge in [0.1, 0.15) is 0 Å². The number of benzene rings is 1. The van der Waals surface area contributed by atoms with Crippen LogP contribution in [0.3, 0.4) is 0 Å². The zero-order chi connectivity index (χ0) is 16.2. The molecule has 1 saturated heterocycles. The van der Waals surface area contributed by atoms with E-state index < -0.39 is 16.8 Å². The SMILES string of the molecule is CC(=O)N1CCC(CN(CF)S(=O)(=O)c2ccccc2)CC1. The lowest BCUT2D eigenvalue weighted by molar-refractivity contribution is -0.130. The summed E-state index contributed by atoms with van der Waals surface area (Å²) >= 11 is 0. The minimum absolute atomic E-state index is 0.0257. The van der Waals surface area contributed by atoms with Crippen LogP contribution in [0.5, 0.6) is 0 Å². The number of hydrogen-bond acceptors (Lipinski definition) is 3. The number of carbonyl (C=O) groups is 1. The van der Waals surface area contributed by atoms with Crippen molar-refractivity contribution in [3.05, 3.63) is 30.3 Å². The van der Waals surface area contributed by atoms with Gasteiger partial charge in [0.15, 0.2) is 6.80 Å². The van der Waals surface area contributed by atoms with Crippen molar-refractivity contribution < 1.29 is 17.6 Å². The van der Waals surface area contributed by atoms with Gasteiger partial charge in [-0.1, -0.05) is 18.2 Å². The molecule has 1 aromatic rings. The molecule has 0 saturated carbocycles. The third kappa shape index (κ3) is 3.84. The Bertz CT molecular complexity index is 598. The van der Waals surface area contributed by atoms with E-state index in [0.717, 1.165) is 4.31 Å². The van der Waals surface area contributed by atoms with E-state index in [9.17, 15) is 17.6 Å². The third-order valence-electron chi connectivity index (χ3n) is 4.04. The number of hydrogen-bond donors (Lipinski definition) is 0. The Morgan fingerprint density at radius 2 is 1.86 bits per heavy atom. The zero-order valence-corrected chi connectivity index (χ0v) is 13.4. The second-order valence-corrected chi connectivity index (χ2v) is 7.46. The van der Waals surface area contributed by atoms with Crippen LogP contribution in [0.15, 0.2) is 35.2 Å². The van der Waals surface area contributed by atoms with E-state index >= 15 is 0 Å². The van der Waals surface area contributed by atoms with Crippen molar-refractivity contribution in [3.63, 3.8) is 0 Å². The maximum absolute atomic E-state index is 13.3. The first kappa shape index (κ1) is 16.9. The molecule has 1 aromatic carbocycles. The molecular formula is C15H21FN2O3S. The second kappa shape index (κ2) is 7.19. The largest absolute Gasteiger partial charge is 0.343 e. The lowest BCUT2D eigenvalue weighted by atomic mass is 9.97. The van der Waals surface area contributed by atoms with Crippen molar-refractivity contribution in [2.24, 2.45) is 5.92 Å². The summed E-state index contributed by atoms with van der Waals surface area (Å²) in [5.41, 5.74) is 0. The summed E-state index contributed by atoms with van der Waals surface area (Å²) in [6.07, 6.45) is 1.39. The van der Waals surface area contributed by atoms with Crippen LogP contribution in [0.1, 0.15) is 19.8 Å². The Morgan fingerprint density at radius 3 is 2.36 bits per heavy atom. The highest BCUT2D eigenvalue weighted by molar-refractivity contribution is 7.89. The molecule has 2 rings (SSSR count). The Balaban J connectivity index is 2.03. The lowest BCUT2D eigenvalue weighted by Gasteiger charge is -2.33. The monoisotopic (exact) mass is 328 g/mol. The van der Waals surface area contributed by atoms with Gasteiger partial charge in [-0.05, 0) is 30.9 Å². The molecule has 122 valence electrons. The van der Waals surface area contributed by atoms with Gasteiger partial charge < -0.3 is 4.90 Å². The van der Waals surface area contributed by atoms with Crippen molar-refractivity contribution in [3.8, 4) is 0 Å². The van der Waals surface area contributed by atoms with Crippen molar-refractivity contribution >= 4 is 15.9 Å². The number of amides is 1. The number of nitrogens with zero attached hydrogens (tertiary/aromatic N) is 2. The Hall–Kier alpha value is -1.47. The van der Waals surface area contributed by atoms with Gasteiger partial charge in [-0.3, -0.25) is 4.79 Å². The number of rotatable bonds is 5. The van der Waals surface area contributed by atoms with Crippen LogP contribution in [-0.4, -0.2) is 50.0 Å². The normalized spacial score (nSPS) is 17.0. The van der Waals surface area contributed by atoms with Gasteiger partial charge in [0, 0.05) is 26.6 Å². The van der Waals surface area contributed by atoms with Crippen LogP contribution >= 0.6 is 0 Å². The summed E-state index contributed by atoms with van der Waals surface area (Å²) in [6, 6.07) is 7.90. The molecule has 0 atom stereocenters. The van der Waals surface area contributed by atoms with Gasteiger partial charge in [0.2, 0.25) is 15.9 Å². The molecule has 1 aliphatic rings. The van der Waals surface area contributed by atoms with Gasteiger partial charge in [0.05, 0.1) is 4.90 Å². The van der Waals surface area contributed by atoms with E-state index in [-0.39, 0.29) is 23.3 Å². The number of alkyl halides is 1. The molecule has 0 aliphatic carbocycles. The van der Waals surface area contributed by atoms with E-state index in [2.05, 4.69) is 0 Å². The van der Waals surface area contributed by atoms with Gasteiger partial charge in [-0.2, -0.15) is 4.31 Å². The predicted octanol–water partition coefficient (Wildman–Crippen LogP) is 1.86. The number of piperidine rings is 1. The van der Waals surface area contributed by atoms with Crippen molar-refractivity contribution in [1.82, 2.24) is 9.21 Å². The lowest BCUT2D eigenvalue weighted by Crippen LogP contribution is -2.42. The number of halogens is 1. The second-order valence-electron chi connectivity index (χ2n) is 5.52. The molecule has 0 aromatic heterocycles. The van der Waals surface area contributed by atoms with Crippen LogP contribution in [0.4, 0.5) is 4.39 Å². The number of sulfonamides is 1. The van der Waals surface area contributed by atoms with E-state index in [1.165, 1.54) is 19.1 Å². The molecule has 5 nitrogen and oxygen atoms in total. The van der Waals surface area contributed by atoms with E-state index in [4.69, 9.17) is 0 Å². The van der Waals surface area contributed by atoms with E-state index in [1.54, 1.807) is 23.1 Å². The first-order valence-corrected chi connectivity index (χ1v) is 8.76. The Morgan fingerprint density at radius 1 is 1.27 bits per heavy atom. The molecule has 0 spiro atoms. The molecule has 0 bridgehead atoms. The van der Waals surface area contributed by atoms with Crippen LogP contribution in [-0.2, 0) is 14.8 Å².